The number of rotatable bonds is 4. The lowest BCUT2D eigenvalue weighted by molar-refractivity contribution is 0.573. The van der Waals surface area contributed by atoms with Crippen LogP contribution in [0.5, 0.6) is 0 Å². The van der Waals surface area contributed by atoms with Gasteiger partial charge in [-0.1, -0.05) is 54.6 Å². The molecule has 4 aromatic rings. The van der Waals surface area contributed by atoms with Gasteiger partial charge >= 0.3 is 0 Å². The van der Waals surface area contributed by atoms with Gasteiger partial charge in [0.15, 0.2) is 0 Å². The summed E-state index contributed by atoms with van der Waals surface area (Å²) in [5.74, 6) is 0.0474. The minimum Gasteiger partial charge on any atom is -0.207 e. The zero-order valence-electron chi connectivity index (χ0n) is 14.2. The molecule has 0 saturated heterocycles. The fourth-order valence-corrected chi connectivity index (χ4v) is 2.84. The molecule has 0 bridgehead atoms. The van der Waals surface area contributed by atoms with Crippen molar-refractivity contribution in [3.05, 3.63) is 89.7 Å². The number of benzene rings is 3. The van der Waals surface area contributed by atoms with Crippen LogP contribution in [-0.2, 0) is 6.54 Å². The molecule has 4 rings (SSSR count). The lowest BCUT2D eigenvalue weighted by Crippen LogP contribution is -2.04. The molecule has 0 atom stereocenters. The molecule has 0 fully saturated rings. The number of aromatic nitrogens is 4. The third-order valence-electron chi connectivity index (χ3n) is 4.17. The van der Waals surface area contributed by atoms with Crippen molar-refractivity contribution < 1.29 is 4.39 Å². The second-order valence-electron chi connectivity index (χ2n) is 6.01. The normalized spacial score (nSPS) is 10.5. The molecule has 1 heterocycles. The SMILES string of the molecule is N#Cc1ccccc1-c1ccc(Cn2nnc(-c3cccc(F)c3)n2)cc1. The molecule has 130 valence electrons. The average molecular weight is 355 g/mol. The molecule has 0 aliphatic heterocycles. The summed E-state index contributed by atoms with van der Waals surface area (Å²) < 4.78 is 13.3. The van der Waals surface area contributed by atoms with Crippen LogP contribution in [0.15, 0.2) is 72.8 Å². The van der Waals surface area contributed by atoms with Crippen molar-refractivity contribution in [3.8, 4) is 28.6 Å². The summed E-state index contributed by atoms with van der Waals surface area (Å²) in [7, 11) is 0. The van der Waals surface area contributed by atoms with Crippen LogP contribution in [0.25, 0.3) is 22.5 Å². The minimum absolute atomic E-state index is 0.336. The van der Waals surface area contributed by atoms with E-state index in [9.17, 15) is 9.65 Å². The van der Waals surface area contributed by atoms with Gasteiger partial charge in [-0.15, -0.1) is 10.2 Å². The number of tetrazole rings is 1. The average Bonchev–Trinajstić information content (AvgIpc) is 3.17. The van der Waals surface area contributed by atoms with Crippen LogP contribution in [0.4, 0.5) is 4.39 Å². The van der Waals surface area contributed by atoms with E-state index >= 15 is 0 Å². The fourth-order valence-electron chi connectivity index (χ4n) is 2.84. The van der Waals surface area contributed by atoms with Gasteiger partial charge in [-0.25, -0.2) is 4.39 Å². The molecule has 1 aromatic heterocycles. The van der Waals surface area contributed by atoms with Gasteiger partial charge in [0.1, 0.15) is 5.82 Å². The van der Waals surface area contributed by atoms with E-state index in [0.717, 1.165) is 16.7 Å². The Balaban J connectivity index is 1.53. The first-order chi connectivity index (χ1) is 13.2. The first-order valence-electron chi connectivity index (χ1n) is 8.35. The van der Waals surface area contributed by atoms with Crippen LogP contribution in [0.3, 0.4) is 0 Å². The third-order valence-corrected chi connectivity index (χ3v) is 4.17. The van der Waals surface area contributed by atoms with Crippen LogP contribution in [0, 0.1) is 17.1 Å². The molecule has 0 aliphatic rings. The topological polar surface area (TPSA) is 67.4 Å². The monoisotopic (exact) mass is 355 g/mol. The van der Waals surface area contributed by atoms with E-state index in [-0.39, 0.29) is 5.82 Å². The predicted octanol–water partition coefficient (Wildman–Crippen LogP) is 4.07. The maximum absolute atomic E-state index is 13.3. The molecule has 6 heteroatoms. The molecular formula is C21H14FN5. The predicted molar refractivity (Wildman–Crippen MR) is 98.9 cm³/mol. The van der Waals surface area contributed by atoms with Crippen molar-refractivity contribution in [3.63, 3.8) is 0 Å². The fraction of sp³-hybridized carbons (Fsp3) is 0.0476. The van der Waals surface area contributed by atoms with Gasteiger partial charge in [0.2, 0.25) is 5.82 Å². The highest BCUT2D eigenvalue weighted by molar-refractivity contribution is 5.70. The Morgan fingerprint density at radius 1 is 0.926 bits per heavy atom. The zero-order chi connectivity index (χ0) is 18.6. The molecule has 0 spiro atoms. The van der Waals surface area contributed by atoms with Crippen LogP contribution in [0.2, 0.25) is 0 Å². The van der Waals surface area contributed by atoms with Gasteiger partial charge in [0.25, 0.3) is 0 Å². The lowest BCUT2D eigenvalue weighted by atomic mass is 9.99. The van der Waals surface area contributed by atoms with E-state index in [1.807, 2.05) is 42.5 Å². The highest BCUT2D eigenvalue weighted by Crippen LogP contribution is 2.23. The van der Waals surface area contributed by atoms with Gasteiger partial charge in [-0.2, -0.15) is 10.1 Å². The lowest BCUT2D eigenvalue weighted by Gasteiger charge is -2.05. The van der Waals surface area contributed by atoms with Crippen molar-refractivity contribution >= 4 is 0 Å². The molecule has 5 nitrogen and oxygen atoms in total. The highest BCUT2D eigenvalue weighted by atomic mass is 19.1. The Hall–Kier alpha value is -3.85. The van der Waals surface area contributed by atoms with E-state index in [1.54, 1.807) is 18.2 Å². The third kappa shape index (κ3) is 3.58. The summed E-state index contributed by atoms with van der Waals surface area (Å²) in [6.45, 7) is 0.447. The van der Waals surface area contributed by atoms with Crippen LogP contribution in [-0.4, -0.2) is 20.2 Å². The van der Waals surface area contributed by atoms with Crippen molar-refractivity contribution in [2.24, 2.45) is 0 Å². The van der Waals surface area contributed by atoms with Crippen molar-refractivity contribution in [1.29, 1.82) is 5.26 Å². The molecule has 0 unspecified atom stereocenters. The van der Waals surface area contributed by atoms with Crippen molar-refractivity contribution in [2.45, 2.75) is 6.54 Å². The van der Waals surface area contributed by atoms with E-state index in [1.165, 1.54) is 16.9 Å². The van der Waals surface area contributed by atoms with E-state index in [2.05, 4.69) is 21.5 Å². The summed E-state index contributed by atoms with van der Waals surface area (Å²) in [4.78, 5) is 1.47. The Labute approximate surface area is 155 Å². The number of nitriles is 1. The standard InChI is InChI=1S/C21H14FN5/c22-19-6-3-5-17(12-19)21-24-26-27(25-21)14-15-8-10-16(11-9-15)20-7-2-1-4-18(20)13-23/h1-12H,14H2. The number of hydrogen-bond acceptors (Lipinski definition) is 4. The van der Waals surface area contributed by atoms with Crippen molar-refractivity contribution in [1.82, 2.24) is 20.2 Å². The van der Waals surface area contributed by atoms with E-state index in [0.29, 0.717) is 23.5 Å². The number of nitrogens with zero attached hydrogens (tertiary/aromatic N) is 5. The van der Waals surface area contributed by atoms with Gasteiger partial charge in [0.05, 0.1) is 18.2 Å². The van der Waals surface area contributed by atoms with E-state index < -0.39 is 0 Å². The van der Waals surface area contributed by atoms with E-state index in [4.69, 9.17) is 0 Å². The first kappa shape index (κ1) is 16.6. The highest BCUT2D eigenvalue weighted by Gasteiger charge is 2.08. The minimum atomic E-state index is -0.336. The second-order valence-corrected chi connectivity index (χ2v) is 6.01. The summed E-state index contributed by atoms with van der Waals surface area (Å²) in [6, 6.07) is 23.7. The summed E-state index contributed by atoms with van der Waals surface area (Å²) >= 11 is 0. The molecule has 0 amide bonds. The molecule has 27 heavy (non-hydrogen) atoms. The first-order valence-corrected chi connectivity index (χ1v) is 8.35. The Morgan fingerprint density at radius 2 is 1.74 bits per heavy atom. The molecule has 0 aliphatic carbocycles. The van der Waals surface area contributed by atoms with Gasteiger partial charge in [0, 0.05) is 5.56 Å². The van der Waals surface area contributed by atoms with Gasteiger partial charge in [-0.3, -0.25) is 0 Å². The molecule has 3 aromatic carbocycles. The smallest absolute Gasteiger partial charge is 0.205 e. The maximum atomic E-state index is 13.3. The quantitative estimate of drug-likeness (QED) is 0.553. The Bertz CT molecular complexity index is 1130. The van der Waals surface area contributed by atoms with Crippen molar-refractivity contribution in [2.75, 3.05) is 0 Å². The molecule has 0 N–H and O–H groups in total. The summed E-state index contributed by atoms with van der Waals surface area (Å²) in [5.41, 5.74) is 4.10. The Morgan fingerprint density at radius 3 is 2.52 bits per heavy atom. The number of halogens is 1. The largest absolute Gasteiger partial charge is 0.207 e. The van der Waals surface area contributed by atoms with Gasteiger partial charge < -0.3 is 0 Å². The molecule has 0 saturated carbocycles. The van der Waals surface area contributed by atoms with Crippen LogP contribution >= 0.6 is 0 Å². The summed E-state index contributed by atoms with van der Waals surface area (Å²) in [5, 5.41) is 21.6. The maximum Gasteiger partial charge on any atom is 0.205 e. The Kier molecular flexibility index (Phi) is 4.42. The molecule has 0 radical (unpaired) electrons. The number of hydrogen-bond donors (Lipinski definition) is 0. The zero-order valence-corrected chi connectivity index (χ0v) is 14.2. The van der Waals surface area contributed by atoms with Gasteiger partial charge in [-0.05, 0) is 40.1 Å². The summed E-state index contributed by atoms with van der Waals surface area (Å²) in [6.07, 6.45) is 0. The molecular weight excluding hydrogens is 341 g/mol. The van der Waals surface area contributed by atoms with Crippen LogP contribution < -0.4 is 0 Å². The second kappa shape index (κ2) is 7.18. The van der Waals surface area contributed by atoms with Crippen LogP contribution in [0.1, 0.15) is 11.1 Å².